The second kappa shape index (κ2) is 8.26. The van der Waals surface area contributed by atoms with Gasteiger partial charge in [0, 0.05) is 17.3 Å². The maximum absolute atomic E-state index is 13.5. The highest BCUT2D eigenvalue weighted by Crippen LogP contribution is 2.40. The molecule has 5 rings (SSSR count). The average Bonchev–Trinajstić information content (AvgIpc) is 3.61. The van der Waals surface area contributed by atoms with Crippen LogP contribution >= 0.6 is 0 Å². The standard InChI is InChI=1S/C25H22N4O3/c1-15-21-19(14-20(16-12-13-16)27-25(21)32-29-15)23(30)28-22(17-8-4-2-5-9-17)24(31)26-18-10-6-3-7-11-18/h2-11,14,16,22H,12-13H2,1H3,(H,26,31)(H,28,30)/t22-/m1/s1. The van der Waals surface area contributed by atoms with Crippen molar-refractivity contribution in [3.63, 3.8) is 0 Å². The summed E-state index contributed by atoms with van der Waals surface area (Å²) >= 11 is 0. The van der Waals surface area contributed by atoms with Gasteiger partial charge in [0.25, 0.3) is 17.5 Å². The van der Waals surface area contributed by atoms with Gasteiger partial charge in [0.2, 0.25) is 0 Å². The molecule has 0 bridgehead atoms. The average molecular weight is 426 g/mol. The van der Waals surface area contributed by atoms with E-state index in [1.807, 2.05) is 48.5 Å². The van der Waals surface area contributed by atoms with Crippen molar-refractivity contribution in [1.82, 2.24) is 15.5 Å². The second-order valence-corrected chi connectivity index (χ2v) is 7.99. The zero-order valence-corrected chi connectivity index (χ0v) is 17.5. The van der Waals surface area contributed by atoms with Crippen LogP contribution in [0.25, 0.3) is 11.1 Å². The van der Waals surface area contributed by atoms with E-state index in [0.29, 0.717) is 39.5 Å². The minimum Gasteiger partial charge on any atom is -0.336 e. The van der Waals surface area contributed by atoms with E-state index in [4.69, 9.17) is 4.52 Å². The van der Waals surface area contributed by atoms with Gasteiger partial charge in [-0.1, -0.05) is 53.7 Å². The van der Waals surface area contributed by atoms with Gasteiger partial charge in [-0.25, -0.2) is 4.98 Å². The monoisotopic (exact) mass is 426 g/mol. The van der Waals surface area contributed by atoms with Gasteiger partial charge in [0.1, 0.15) is 6.04 Å². The smallest absolute Gasteiger partial charge is 0.259 e. The van der Waals surface area contributed by atoms with Crippen molar-refractivity contribution in [2.24, 2.45) is 0 Å². The van der Waals surface area contributed by atoms with Gasteiger partial charge in [-0.3, -0.25) is 9.59 Å². The number of aromatic nitrogens is 2. The molecule has 4 aromatic rings. The van der Waals surface area contributed by atoms with Crippen molar-refractivity contribution in [2.45, 2.75) is 31.7 Å². The summed E-state index contributed by atoms with van der Waals surface area (Å²) in [5, 5.41) is 10.4. The SMILES string of the molecule is Cc1noc2nc(C3CC3)cc(C(=O)N[C@@H](C(=O)Nc3ccccc3)c3ccccc3)c12. The van der Waals surface area contributed by atoms with Crippen molar-refractivity contribution < 1.29 is 14.1 Å². The maximum atomic E-state index is 13.5. The molecule has 7 heteroatoms. The van der Waals surface area contributed by atoms with Crippen LogP contribution in [0, 0.1) is 6.92 Å². The van der Waals surface area contributed by atoms with Crippen LogP contribution in [-0.2, 0) is 4.79 Å². The number of nitrogens with one attached hydrogen (secondary N) is 2. The topological polar surface area (TPSA) is 97.1 Å². The number of carbonyl (C=O) groups excluding carboxylic acids is 2. The molecule has 7 nitrogen and oxygen atoms in total. The molecule has 2 aromatic carbocycles. The van der Waals surface area contributed by atoms with Crippen molar-refractivity contribution >= 4 is 28.6 Å². The summed E-state index contributed by atoms with van der Waals surface area (Å²) in [4.78, 5) is 31.2. The molecule has 0 saturated heterocycles. The van der Waals surface area contributed by atoms with Crippen LogP contribution in [0.3, 0.4) is 0 Å². The zero-order chi connectivity index (χ0) is 22.1. The Morgan fingerprint density at radius 3 is 2.41 bits per heavy atom. The number of pyridine rings is 1. The molecule has 32 heavy (non-hydrogen) atoms. The highest BCUT2D eigenvalue weighted by molar-refractivity contribution is 6.08. The summed E-state index contributed by atoms with van der Waals surface area (Å²) in [6.45, 7) is 1.78. The highest BCUT2D eigenvalue weighted by atomic mass is 16.5. The number of aryl methyl sites for hydroxylation is 1. The van der Waals surface area contributed by atoms with Crippen molar-refractivity contribution in [3.05, 3.63) is 89.2 Å². The van der Waals surface area contributed by atoms with Gasteiger partial charge in [0.15, 0.2) is 0 Å². The fraction of sp³-hybridized carbons (Fsp3) is 0.200. The van der Waals surface area contributed by atoms with E-state index < -0.39 is 6.04 Å². The van der Waals surface area contributed by atoms with E-state index in [1.165, 1.54) is 0 Å². The fourth-order valence-corrected chi connectivity index (χ4v) is 3.77. The van der Waals surface area contributed by atoms with E-state index >= 15 is 0 Å². The van der Waals surface area contributed by atoms with Gasteiger partial charge in [0.05, 0.1) is 16.6 Å². The second-order valence-electron chi connectivity index (χ2n) is 7.99. The van der Waals surface area contributed by atoms with Crippen LogP contribution in [-0.4, -0.2) is 22.0 Å². The molecule has 1 atom stereocenters. The number of carbonyl (C=O) groups is 2. The quantitative estimate of drug-likeness (QED) is 0.473. The van der Waals surface area contributed by atoms with Gasteiger partial charge < -0.3 is 15.2 Å². The Bertz CT molecular complexity index is 1280. The lowest BCUT2D eigenvalue weighted by molar-refractivity contribution is -0.118. The first-order valence-electron chi connectivity index (χ1n) is 10.6. The summed E-state index contributed by atoms with van der Waals surface area (Å²) < 4.78 is 5.35. The Balaban J connectivity index is 1.49. The van der Waals surface area contributed by atoms with Crippen LogP contribution in [0.15, 0.2) is 71.3 Å². The number of hydrogen-bond acceptors (Lipinski definition) is 5. The number of nitrogens with zero attached hydrogens (tertiary/aromatic N) is 2. The third-order valence-corrected chi connectivity index (χ3v) is 5.59. The lowest BCUT2D eigenvalue weighted by atomic mass is 10.0. The van der Waals surface area contributed by atoms with E-state index in [0.717, 1.165) is 18.5 Å². The summed E-state index contributed by atoms with van der Waals surface area (Å²) in [5.41, 5.74) is 3.52. The normalized spacial score (nSPS) is 14.2. The van der Waals surface area contributed by atoms with Crippen molar-refractivity contribution in [1.29, 1.82) is 0 Å². The summed E-state index contributed by atoms with van der Waals surface area (Å²) in [5.74, 6) is -0.365. The van der Waals surface area contributed by atoms with E-state index in [9.17, 15) is 9.59 Å². The van der Waals surface area contributed by atoms with Crippen LogP contribution < -0.4 is 10.6 Å². The molecule has 1 aliphatic rings. The molecule has 1 fully saturated rings. The number of amides is 2. The summed E-state index contributed by atoms with van der Waals surface area (Å²) in [6.07, 6.45) is 2.08. The minimum absolute atomic E-state index is 0.328. The molecule has 2 heterocycles. The first-order chi connectivity index (χ1) is 15.6. The molecule has 1 aliphatic carbocycles. The number of benzene rings is 2. The molecule has 0 radical (unpaired) electrons. The number of anilines is 1. The van der Waals surface area contributed by atoms with E-state index in [-0.39, 0.29) is 11.8 Å². The summed E-state index contributed by atoms with van der Waals surface area (Å²) in [6, 6.07) is 19.3. The Hall–Kier alpha value is -4.00. The van der Waals surface area contributed by atoms with Crippen molar-refractivity contribution in [2.75, 3.05) is 5.32 Å². The van der Waals surface area contributed by atoms with Gasteiger partial charge >= 0.3 is 0 Å². The van der Waals surface area contributed by atoms with Gasteiger partial charge in [-0.15, -0.1) is 0 Å². The molecule has 2 amide bonds. The van der Waals surface area contributed by atoms with Crippen LogP contribution in [0.5, 0.6) is 0 Å². The Morgan fingerprint density at radius 2 is 1.72 bits per heavy atom. The number of rotatable bonds is 6. The van der Waals surface area contributed by atoms with E-state index in [2.05, 4.69) is 20.8 Å². The predicted octanol–water partition coefficient (Wildman–Crippen LogP) is 4.52. The van der Waals surface area contributed by atoms with Gasteiger partial charge in [-0.05, 0) is 43.5 Å². The molecular formula is C25H22N4O3. The first-order valence-corrected chi connectivity index (χ1v) is 10.6. The Kier molecular flexibility index (Phi) is 5.15. The Labute approximate surface area is 184 Å². The minimum atomic E-state index is -0.878. The maximum Gasteiger partial charge on any atom is 0.259 e. The molecule has 0 aliphatic heterocycles. The number of para-hydroxylation sites is 1. The first kappa shape index (κ1) is 19.9. The predicted molar refractivity (Wildman–Crippen MR) is 120 cm³/mol. The molecule has 160 valence electrons. The molecule has 2 aromatic heterocycles. The molecule has 0 spiro atoms. The molecular weight excluding hydrogens is 404 g/mol. The fourth-order valence-electron chi connectivity index (χ4n) is 3.77. The number of hydrogen-bond donors (Lipinski definition) is 2. The number of fused-ring (bicyclic) bond motifs is 1. The molecule has 1 saturated carbocycles. The van der Waals surface area contributed by atoms with Crippen LogP contribution in [0.2, 0.25) is 0 Å². The van der Waals surface area contributed by atoms with Crippen LogP contribution in [0.1, 0.15) is 52.1 Å². The largest absolute Gasteiger partial charge is 0.336 e. The van der Waals surface area contributed by atoms with Crippen LogP contribution in [0.4, 0.5) is 5.69 Å². The highest BCUT2D eigenvalue weighted by Gasteiger charge is 2.30. The lowest BCUT2D eigenvalue weighted by Crippen LogP contribution is -2.37. The van der Waals surface area contributed by atoms with E-state index in [1.54, 1.807) is 25.1 Å². The van der Waals surface area contributed by atoms with Crippen molar-refractivity contribution in [3.8, 4) is 0 Å². The lowest BCUT2D eigenvalue weighted by Gasteiger charge is -2.19. The molecule has 2 N–H and O–H groups in total. The molecule has 0 unspecified atom stereocenters. The Morgan fingerprint density at radius 1 is 1.03 bits per heavy atom. The summed E-state index contributed by atoms with van der Waals surface area (Å²) in [7, 11) is 0. The third kappa shape index (κ3) is 3.97. The van der Waals surface area contributed by atoms with Gasteiger partial charge in [-0.2, -0.15) is 0 Å². The third-order valence-electron chi connectivity index (χ3n) is 5.59. The zero-order valence-electron chi connectivity index (χ0n) is 17.5.